The van der Waals surface area contributed by atoms with E-state index in [1.165, 1.54) is 0 Å². The molecule has 0 bridgehead atoms. The van der Waals surface area contributed by atoms with Crippen LogP contribution in [0.3, 0.4) is 0 Å². The van der Waals surface area contributed by atoms with Crippen LogP contribution in [0, 0.1) is 5.41 Å². The van der Waals surface area contributed by atoms with Gasteiger partial charge in [-0.1, -0.05) is 11.6 Å². The van der Waals surface area contributed by atoms with Crippen molar-refractivity contribution in [3.63, 3.8) is 0 Å². The van der Waals surface area contributed by atoms with Gasteiger partial charge in [0.2, 0.25) is 5.91 Å². The molecular formula is C13H17Cl2NO2. The first kappa shape index (κ1) is 15.1. The van der Waals surface area contributed by atoms with E-state index in [-0.39, 0.29) is 11.8 Å². The minimum Gasteiger partial charge on any atom is -0.492 e. The van der Waals surface area contributed by atoms with Crippen molar-refractivity contribution in [3.8, 4) is 5.75 Å². The summed E-state index contributed by atoms with van der Waals surface area (Å²) < 4.78 is 5.32. The second-order valence-corrected chi connectivity index (χ2v) is 5.22. The number of anilines is 1. The molecule has 1 aromatic carbocycles. The van der Waals surface area contributed by atoms with Gasteiger partial charge in [0.15, 0.2) is 0 Å². The maximum absolute atomic E-state index is 11.9. The average molecular weight is 290 g/mol. The van der Waals surface area contributed by atoms with Crippen LogP contribution in [0.5, 0.6) is 5.75 Å². The molecule has 0 aliphatic rings. The maximum Gasteiger partial charge on any atom is 0.231 e. The molecule has 0 heterocycles. The zero-order valence-corrected chi connectivity index (χ0v) is 12.2. The first-order valence-electron chi connectivity index (χ1n) is 5.70. The molecule has 1 N–H and O–H groups in total. The van der Waals surface area contributed by atoms with E-state index >= 15 is 0 Å². The molecule has 0 aromatic heterocycles. The lowest BCUT2D eigenvalue weighted by molar-refractivity contribution is -0.122. The van der Waals surface area contributed by atoms with Crippen molar-refractivity contribution in [1.29, 1.82) is 0 Å². The van der Waals surface area contributed by atoms with E-state index in [0.717, 1.165) is 0 Å². The Hall–Kier alpha value is -0.930. The summed E-state index contributed by atoms with van der Waals surface area (Å²) >= 11 is 11.8. The molecule has 0 saturated heterocycles. The predicted octanol–water partition coefficient (Wildman–Crippen LogP) is 3.94. The van der Waals surface area contributed by atoms with Crippen molar-refractivity contribution < 1.29 is 9.53 Å². The number of carbonyl (C=O) groups is 1. The van der Waals surface area contributed by atoms with Crippen LogP contribution < -0.4 is 10.1 Å². The van der Waals surface area contributed by atoms with Gasteiger partial charge in [0.25, 0.3) is 0 Å². The van der Waals surface area contributed by atoms with Gasteiger partial charge in [-0.15, -0.1) is 11.6 Å². The smallest absolute Gasteiger partial charge is 0.231 e. The molecule has 0 spiro atoms. The van der Waals surface area contributed by atoms with Crippen LogP contribution in [-0.4, -0.2) is 18.4 Å². The third-order valence-corrected chi connectivity index (χ3v) is 3.40. The molecule has 0 saturated carbocycles. The highest BCUT2D eigenvalue weighted by Crippen LogP contribution is 2.28. The van der Waals surface area contributed by atoms with Crippen molar-refractivity contribution in [2.24, 2.45) is 5.41 Å². The van der Waals surface area contributed by atoms with E-state index in [1.54, 1.807) is 32.0 Å². The van der Waals surface area contributed by atoms with Gasteiger partial charge in [0.1, 0.15) is 5.75 Å². The third kappa shape index (κ3) is 3.79. The zero-order chi connectivity index (χ0) is 13.8. The van der Waals surface area contributed by atoms with Gasteiger partial charge in [0, 0.05) is 11.6 Å². The van der Waals surface area contributed by atoms with E-state index in [1.807, 2.05) is 6.92 Å². The topological polar surface area (TPSA) is 38.3 Å². The Bertz CT molecular complexity index is 433. The normalized spacial score (nSPS) is 11.2. The summed E-state index contributed by atoms with van der Waals surface area (Å²) in [4.78, 5) is 11.9. The summed E-state index contributed by atoms with van der Waals surface area (Å²) in [6.45, 7) is 6.00. The summed E-state index contributed by atoms with van der Waals surface area (Å²) in [7, 11) is 0. The van der Waals surface area contributed by atoms with Gasteiger partial charge < -0.3 is 10.1 Å². The molecule has 18 heavy (non-hydrogen) atoms. The predicted molar refractivity (Wildman–Crippen MR) is 75.8 cm³/mol. The first-order chi connectivity index (χ1) is 8.40. The van der Waals surface area contributed by atoms with Crippen LogP contribution in [0.1, 0.15) is 20.8 Å². The second-order valence-electron chi connectivity index (χ2n) is 4.55. The number of nitrogens with one attached hydrogen (secondary N) is 1. The Morgan fingerprint density at radius 2 is 2.11 bits per heavy atom. The summed E-state index contributed by atoms with van der Waals surface area (Å²) in [5.41, 5.74) is 0.0127. The maximum atomic E-state index is 11.9. The SMILES string of the molecule is CCOc1ccc(NC(=O)C(C)(C)CCl)cc1Cl. The number of amides is 1. The van der Waals surface area contributed by atoms with Gasteiger partial charge >= 0.3 is 0 Å². The van der Waals surface area contributed by atoms with E-state index < -0.39 is 5.41 Å². The fourth-order valence-electron chi connectivity index (χ4n) is 1.21. The van der Waals surface area contributed by atoms with E-state index in [0.29, 0.717) is 23.1 Å². The van der Waals surface area contributed by atoms with Crippen LogP contribution in [0.4, 0.5) is 5.69 Å². The number of hydrogen-bond acceptors (Lipinski definition) is 2. The Morgan fingerprint density at radius 3 is 2.61 bits per heavy atom. The molecule has 0 radical (unpaired) electrons. The van der Waals surface area contributed by atoms with Gasteiger partial charge in [-0.2, -0.15) is 0 Å². The van der Waals surface area contributed by atoms with E-state index in [4.69, 9.17) is 27.9 Å². The minimum absolute atomic E-state index is 0.141. The number of ether oxygens (including phenoxy) is 1. The number of hydrogen-bond donors (Lipinski definition) is 1. The number of halogens is 2. The van der Waals surface area contributed by atoms with Crippen molar-refractivity contribution in [2.75, 3.05) is 17.8 Å². The minimum atomic E-state index is -0.618. The standard InChI is InChI=1S/C13H17Cl2NO2/c1-4-18-11-6-5-9(7-10(11)15)16-12(17)13(2,3)8-14/h5-7H,4,8H2,1-3H3,(H,16,17). The van der Waals surface area contributed by atoms with Crippen molar-refractivity contribution >= 4 is 34.8 Å². The molecule has 0 aliphatic carbocycles. The lowest BCUT2D eigenvalue weighted by atomic mass is 9.95. The lowest BCUT2D eigenvalue weighted by Gasteiger charge is -2.20. The number of rotatable bonds is 5. The average Bonchev–Trinajstić information content (AvgIpc) is 2.32. The van der Waals surface area contributed by atoms with Gasteiger partial charge in [-0.3, -0.25) is 4.79 Å². The highest BCUT2D eigenvalue weighted by atomic mass is 35.5. The molecule has 1 rings (SSSR count). The number of benzene rings is 1. The van der Waals surface area contributed by atoms with Crippen LogP contribution >= 0.6 is 23.2 Å². The summed E-state index contributed by atoms with van der Waals surface area (Å²) in [6.07, 6.45) is 0. The van der Waals surface area contributed by atoms with E-state index in [9.17, 15) is 4.79 Å². The van der Waals surface area contributed by atoms with Gasteiger partial charge in [0.05, 0.1) is 17.0 Å². The quantitative estimate of drug-likeness (QED) is 0.834. The summed E-state index contributed by atoms with van der Waals surface area (Å²) in [6, 6.07) is 5.14. The summed E-state index contributed by atoms with van der Waals surface area (Å²) in [5.74, 6) is 0.718. The largest absolute Gasteiger partial charge is 0.492 e. The molecule has 0 unspecified atom stereocenters. The van der Waals surface area contributed by atoms with Crippen molar-refractivity contribution in [3.05, 3.63) is 23.2 Å². The van der Waals surface area contributed by atoms with Gasteiger partial charge in [-0.25, -0.2) is 0 Å². The lowest BCUT2D eigenvalue weighted by Crippen LogP contribution is -2.32. The summed E-state index contributed by atoms with van der Waals surface area (Å²) in [5, 5.41) is 3.25. The molecule has 3 nitrogen and oxygen atoms in total. The van der Waals surface area contributed by atoms with Crippen LogP contribution in [0.15, 0.2) is 18.2 Å². The fourth-order valence-corrected chi connectivity index (χ4v) is 1.57. The molecule has 0 fully saturated rings. The molecule has 1 amide bonds. The van der Waals surface area contributed by atoms with E-state index in [2.05, 4.69) is 5.32 Å². The highest BCUT2D eigenvalue weighted by Gasteiger charge is 2.26. The van der Waals surface area contributed by atoms with Crippen molar-refractivity contribution in [2.45, 2.75) is 20.8 Å². The highest BCUT2D eigenvalue weighted by molar-refractivity contribution is 6.32. The molecule has 1 aromatic rings. The zero-order valence-electron chi connectivity index (χ0n) is 10.7. The Kier molecular flexibility index (Phi) is 5.29. The fraction of sp³-hybridized carbons (Fsp3) is 0.462. The molecule has 0 aliphatic heterocycles. The van der Waals surface area contributed by atoms with Crippen LogP contribution in [-0.2, 0) is 4.79 Å². The second kappa shape index (κ2) is 6.30. The first-order valence-corrected chi connectivity index (χ1v) is 6.61. The third-order valence-electron chi connectivity index (χ3n) is 2.44. The molecular weight excluding hydrogens is 273 g/mol. The number of carbonyl (C=O) groups excluding carboxylic acids is 1. The molecule has 100 valence electrons. The van der Waals surface area contributed by atoms with Crippen molar-refractivity contribution in [1.82, 2.24) is 0 Å². The Morgan fingerprint density at radius 1 is 1.44 bits per heavy atom. The monoisotopic (exact) mass is 289 g/mol. The van der Waals surface area contributed by atoms with Crippen LogP contribution in [0.2, 0.25) is 5.02 Å². The molecule has 0 atom stereocenters. The molecule has 5 heteroatoms. The number of alkyl halides is 1. The van der Waals surface area contributed by atoms with Crippen LogP contribution in [0.25, 0.3) is 0 Å². The Balaban J connectivity index is 2.81. The van der Waals surface area contributed by atoms with Gasteiger partial charge in [-0.05, 0) is 39.0 Å². The Labute approximate surface area is 117 Å².